The molecule has 0 aliphatic carbocycles. The highest BCUT2D eigenvalue weighted by Gasteiger charge is 2.05. The zero-order valence-corrected chi connectivity index (χ0v) is 10.6. The van der Waals surface area contributed by atoms with Crippen molar-refractivity contribution in [3.05, 3.63) is 66.2 Å². The maximum Gasteiger partial charge on any atom is -0.0105 e. The van der Waals surface area contributed by atoms with Crippen LogP contribution in [0.4, 0.5) is 0 Å². The largest absolute Gasteiger partial charge is 0.0984 e. The van der Waals surface area contributed by atoms with Crippen LogP contribution >= 0.6 is 0 Å². The van der Waals surface area contributed by atoms with Crippen molar-refractivity contribution in [1.29, 1.82) is 0 Å². The molecule has 0 fully saturated rings. The van der Waals surface area contributed by atoms with E-state index in [1.807, 2.05) is 6.08 Å². The Morgan fingerprint density at radius 3 is 2.50 bits per heavy atom. The molecule has 3 rings (SSSR count). The van der Waals surface area contributed by atoms with E-state index in [1.165, 1.54) is 32.7 Å². The van der Waals surface area contributed by atoms with Crippen LogP contribution in [0.3, 0.4) is 0 Å². The van der Waals surface area contributed by atoms with E-state index in [9.17, 15) is 0 Å². The minimum Gasteiger partial charge on any atom is -0.0984 e. The van der Waals surface area contributed by atoms with Crippen LogP contribution in [0.15, 0.2) is 55.1 Å². The summed E-state index contributed by atoms with van der Waals surface area (Å²) in [7, 11) is 0. The van der Waals surface area contributed by atoms with E-state index in [0.717, 1.165) is 6.42 Å². The van der Waals surface area contributed by atoms with Crippen molar-refractivity contribution in [1.82, 2.24) is 0 Å². The normalized spacial score (nSPS) is 10.9. The molecule has 0 bridgehead atoms. The van der Waals surface area contributed by atoms with Crippen LogP contribution in [-0.4, -0.2) is 0 Å². The first kappa shape index (κ1) is 11.0. The van der Waals surface area contributed by atoms with Gasteiger partial charge in [0.15, 0.2) is 0 Å². The number of rotatable bonds is 2. The van der Waals surface area contributed by atoms with E-state index in [4.69, 9.17) is 0 Å². The lowest BCUT2D eigenvalue weighted by atomic mass is 9.95. The van der Waals surface area contributed by atoms with Crippen molar-refractivity contribution in [3.8, 4) is 0 Å². The molecule has 0 saturated heterocycles. The maximum atomic E-state index is 3.97. The lowest BCUT2D eigenvalue weighted by Crippen LogP contribution is -1.85. The Bertz CT molecular complexity index is 735. The number of aryl methyl sites for hydroxylation is 1. The molecule has 3 aromatic carbocycles. The molecule has 0 atom stereocenters. The summed E-state index contributed by atoms with van der Waals surface area (Å²) in [6.07, 6.45) is 3.04. The number of hydrogen-bond donors (Lipinski definition) is 0. The van der Waals surface area contributed by atoms with Crippen molar-refractivity contribution < 1.29 is 0 Å². The summed E-state index contributed by atoms with van der Waals surface area (Å²) in [5, 5.41) is 5.17. The zero-order valence-electron chi connectivity index (χ0n) is 10.6. The summed E-state index contributed by atoms with van der Waals surface area (Å²) >= 11 is 0. The molecule has 0 aliphatic heterocycles. The average molecular weight is 232 g/mol. The fourth-order valence-electron chi connectivity index (χ4n) is 2.60. The van der Waals surface area contributed by atoms with Crippen molar-refractivity contribution in [3.63, 3.8) is 0 Å². The minimum absolute atomic E-state index is 1.08. The molecule has 0 saturated carbocycles. The fraction of sp³-hybridized carbons (Fsp3) is 0.111. The van der Waals surface area contributed by atoms with Crippen molar-refractivity contribution in [2.75, 3.05) is 0 Å². The van der Waals surface area contributed by atoms with Gasteiger partial charge in [-0.05, 0) is 45.2 Å². The predicted octanol–water partition coefficient (Wildman–Crippen LogP) is 5.20. The molecular weight excluding hydrogens is 216 g/mol. The van der Waals surface area contributed by atoms with E-state index in [0.29, 0.717) is 0 Å². The summed E-state index contributed by atoms with van der Waals surface area (Å²) in [6, 6.07) is 17.5. The highest BCUT2D eigenvalue weighted by atomic mass is 14.1. The number of fused-ring (bicyclic) bond motifs is 2. The summed E-state index contributed by atoms with van der Waals surface area (Å²) in [5.41, 5.74) is 2.62. The van der Waals surface area contributed by atoms with Crippen LogP contribution < -0.4 is 0 Å². The first-order valence-electron chi connectivity index (χ1n) is 6.40. The zero-order chi connectivity index (χ0) is 12.5. The second-order valence-corrected chi connectivity index (χ2v) is 4.62. The van der Waals surface area contributed by atoms with Crippen LogP contribution in [0.25, 0.3) is 27.6 Å². The lowest BCUT2D eigenvalue weighted by Gasteiger charge is -2.09. The Labute approximate surface area is 108 Å². The summed E-state index contributed by atoms with van der Waals surface area (Å²) in [5.74, 6) is 0. The molecule has 0 spiro atoms. The SMILES string of the molecule is C=Cc1c2ccccc2cc2cc(CC)ccc12. The summed E-state index contributed by atoms with van der Waals surface area (Å²) < 4.78 is 0. The third kappa shape index (κ3) is 1.62. The van der Waals surface area contributed by atoms with Gasteiger partial charge in [0.1, 0.15) is 0 Å². The second-order valence-electron chi connectivity index (χ2n) is 4.62. The molecule has 0 nitrogen and oxygen atoms in total. The molecule has 0 N–H and O–H groups in total. The van der Waals surface area contributed by atoms with Crippen LogP contribution in [0, 0.1) is 0 Å². The quantitative estimate of drug-likeness (QED) is 0.533. The first-order chi connectivity index (χ1) is 8.83. The average Bonchev–Trinajstić information content (AvgIpc) is 2.44. The Morgan fingerprint density at radius 2 is 1.72 bits per heavy atom. The molecule has 3 aromatic rings. The minimum atomic E-state index is 1.08. The van der Waals surface area contributed by atoms with Gasteiger partial charge in [-0.3, -0.25) is 0 Å². The van der Waals surface area contributed by atoms with E-state index in [-0.39, 0.29) is 0 Å². The van der Waals surface area contributed by atoms with Gasteiger partial charge in [-0.2, -0.15) is 0 Å². The van der Waals surface area contributed by atoms with Crippen LogP contribution in [0.1, 0.15) is 18.1 Å². The van der Waals surface area contributed by atoms with Gasteiger partial charge >= 0.3 is 0 Å². The molecule has 0 amide bonds. The van der Waals surface area contributed by atoms with Crippen LogP contribution in [0.2, 0.25) is 0 Å². The topological polar surface area (TPSA) is 0 Å². The third-order valence-corrected chi connectivity index (χ3v) is 3.58. The standard InChI is InChI=1S/C18H16/c1-3-13-9-10-18-15(11-13)12-14-7-5-6-8-17(14)16(18)4-2/h4-12H,2-3H2,1H3. The molecule has 0 aliphatic rings. The highest BCUT2D eigenvalue weighted by Crippen LogP contribution is 2.29. The number of hydrogen-bond acceptors (Lipinski definition) is 0. The van der Waals surface area contributed by atoms with Crippen LogP contribution in [-0.2, 0) is 6.42 Å². The molecule has 88 valence electrons. The van der Waals surface area contributed by atoms with Gasteiger partial charge in [-0.25, -0.2) is 0 Å². The van der Waals surface area contributed by atoms with E-state index in [2.05, 4.69) is 62.0 Å². The smallest absolute Gasteiger partial charge is 0.0105 e. The highest BCUT2D eigenvalue weighted by molar-refractivity contribution is 6.06. The molecule has 0 radical (unpaired) electrons. The molecule has 0 heteroatoms. The van der Waals surface area contributed by atoms with Crippen molar-refractivity contribution in [2.45, 2.75) is 13.3 Å². The molecule has 0 aromatic heterocycles. The van der Waals surface area contributed by atoms with Gasteiger partial charge in [0.2, 0.25) is 0 Å². The monoisotopic (exact) mass is 232 g/mol. The Morgan fingerprint density at radius 1 is 0.944 bits per heavy atom. The van der Waals surface area contributed by atoms with Crippen LogP contribution in [0.5, 0.6) is 0 Å². The third-order valence-electron chi connectivity index (χ3n) is 3.58. The molecular formula is C18H16. The van der Waals surface area contributed by atoms with E-state index < -0.39 is 0 Å². The first-order valence-corrected chi connectivity index (χ1v) is 6.40. The second kappa shape index (κ2) is 4.30. The molecule has 0 heterocycles. The maximum absolute atomic E-state index is 3.97. The Hall–Kier alpha value is -2.08. The van der Waals surface area contributed by atoms with Gasteiger partial charge < -0.3 is 0 Å². The summed E-state index contributed by atoms with van der Waals surface area (Å²) in [4.78, 5) is 0. The molecule has 0 unspecified atom stereocenters. The van der Waals surface area contributed by atoms with Gasteiger partial charge in [-0.1, -0.05) is 62.0 Å². The van der Waals surface area contributed by atoms with Crippen molar-refractivity contribution >= 4 is 27.6 Å². The van der Waals surface area contributed by atoms with Gasteiger partial charge in [0.05, 0.1) is 0 Å². The Kier molecular flexibility index (Phi) is 2.64. The van der Waals surface area contributed by atoms with Crippen molar-refractivity contribution in [2.24, 2.45) is 0 Å². The summed E-state index contributed by atoms with van der Waals surface area (Å²) in [6.45, 7) is 6.16. The van der Waals surface area contributed by atoms with Gasteiger partial charge in [0.25, 0.3) is 0 Å². The predicted molar refractivity (Wildman–Crippen MR) is 80.9 cm³/mol. The molecule has 18 heavy (non-hydrogen) atoms. The Balaban J connectivity index is 2.49. The van der Waals surface area contributed by atoms with Gasteiger partial charge in [-0.15, -0.1) is 0 Å². The van der Waals surface area contributed by atoms with E-state index in [1.54, 1.807) is 0 Å². The number of benzene rings is 3. The van der Waals surface area contributed by atoms with Gasteiger partial charge in [0, 0.05) is 0 Å². The lowest BCUT2D eigenvalue weighted by molar-refractivity contribution is 1.15. The fourth-order valence-corrected chi connectivity index (χ4v) is 2.60. The van der Waals surface area contributed by atoms with E-state index >= 15 is 0 Å².